The van der Waals surface area contributed by atoms with Crippen LogP contribution in [0, 0.1) is 0 Å². The molecule has 1 amide bonds. The first-order valence-electron chi connectivity index (χ1n) is 6.04. The minimum Gasteiger partial charge on any atom is -0.399 e. The van der Waals surface area contributed by atoms with Crippen LogP contribution in [0.15, 0.2) is 18.2 Å². The van der Waals surface area contributed by atoms with E-state index in [1.807, 2.05) is 23.1 Å². The van der Waals surface area contributed by atoms with Gasteiger partial charge in [-0.15, -0.1) is 0 Å². The van der Waals surface area contributed by atoms with Gasteiger partial charge >= 0.3 is 0 Å². The van der Waals surface area contributed by atoms with E-state index in [0.717, 1.165) is 43.0 Å². The van der Waals surface area contributed by atoms with Crippen LogP contribution in [0.2, 0.25) is 0 Å². The smallest absolute Gasteiger partial charge is 0.231 e. The normalized spacial score (nSPS) is 20.7. The van der Waals surface area contributed by atoms with Crippen molar-refractivity contribution in [3.8, 4) is 0 Å². The third-order valence-electron chi connectivity index (χ3n) is 3.53. The zero-order valence-electron chi connectivity index (χ0n) is 9.69. The third-order valence-corrected chi connectivity index (χ3v) is 3.53. The molecule has 1 aromatic carbocycles. The van der Waals surface area contributed by atoms with Crippen LogP contribution in [-0.4, -0.2) is 25.2 Å². The fraction of sp³-hybridized carbons (Fsp3) is 0.462. The largest absolute Gasteiger partial charge is 0.399 e. The number of nitrogens with two attached hydrogens (primary N) is 1. The Balaban J connectivity index is 1.93. The zero-order valence-corrected chi connectivity index (χ0v) is 9.69. The number of carbonyl (C=O) groups excluding carboxylic acids is 1. The molecule has 0 aromatic heterocycles. The molecule has 2 N–H and O–H groups in total. The Hall–Kier alpha value is -1.55. The van der Waals surface area contributed by atoms with Crippen LogP contribution < -0.4 is 10.6 Å². The molecule has 0 aliphatic carbocycles. The van der Waals surface area contributed by atoms with Crippen LogP contribution in [0.25, 0.3) is 0 Å². The number of nitrogens with zero attached hydrogens (tertiary/aromatic N) is 1. The molecule has 2 aliphatic rings. The predicted octanol–water partition coefficient (Wildman–Crippen LogP) is 1.34. The van der Waals surface area contributed by atoms with Gasteiger partial charge in [-0.3, -0.25) is 4.79 Å². The van der Waals surface area contributed by atoms with Gasteiger partial charge in [0.05, 0.1) is 6.42 Å². The van der Waals surface area contributed by atoms with E-state index in [9.17, 15) is 4.79 Å². The van der Waals surface area contributed by atoms with Crippen LogP contribution in [0.5, 0.6) is 0 Å². The zero-order chi connectivity index (χ0) is 11.8. The molecule has 0 atom stereocenters. The van der Waals surface area contributed by atoms with E-state index in [2.05, 4.69) is 0 Å². The highest BCUT2D eigenvalue weighted by Crippen LogP contribution is 2.34. The van der Waals surface area contributed by atoms with Crippen molar-refractivity contribution in [1.82, 2.24) is 0 Å². The molecule has 90 valence electrons. The molecule has 0 saturated carbocycles. The summed E-state index contributed by atoms with van der Waals surface area (Å²) in [5, 5.41) is 0. The lowest BCUT2D eigenvalue weighted by Gasteiger charge is -2.31. The number of hydrogen-bond acceptors (Lipinski definition) is 3. The van der Waals surface area contributed by atoms with Crippen LogP contribution >= 0.6 is 0 Å². The maximum absolute atomic E-state index is 12.1. The molecule has 2 aliphatic heterocycles. The standard InChI is InChI=1S/C13H16N2O2/c14-10-1-2-12-9(7-10)8-13(16)15(12)11-3-5-17-6-4-11/h1-2,7,11H,3-6,8,14H2. The van der Waals surface area contributed by atoms with Crippen molar-refractivity contribution in [2.75, 3.05) is 23.8 Å². The van der Waals surface area contributed by atoms with Gasteiger partial charge in [0.2, 0.25) is 5.91 Å². The van der Waals surface area contributed by atoms with Crippen molar-refractivity contribution in [3.63, 3.8) is 0 Å². The monoisotopic (exact) mass is 232 g/mol. The lowest BCUT2D eigenvalue weighted by Crippen LogP contribution is -2.41. The minimum atomic E-state index is 0.192. The average Bonchev–Trinajstić information content (AvgIpc) is 2.65. The number of fused-ring (bicyclic) bond motifs is 1. The molecule has 17 heavy (non-hydrogen) atoms. The first-order valence-corrected chi connectivity index (χ1v) is 6.04. The van der Waals surface area contributed by atoms with Gasteiger partial charge in [0, 0.05) is 30.6 Å². The fourth-order valence-electron chi connectivity index (χ4n) is 2.71. The summed E-state index contributed by atoms with van der Waals surface area (Å²) in [4.78, 5) is 14.0. The molecule has 0 spiro atoms. The van der Waals surface area contributed by atoms with Crippen LogP contribution in [-0.2, 0) is 16.0 Å². The fourth-order valence-corrected chi connectivity index (χ4v) is 2.71. The van der Waals surface area contributed by atoms with Crippen LogP contribution in [0.3, 0.4) is 0 Å². The van der Waals surface area contributed by atoms with E-state index in [0.29, 0.717) is 12.5 Å². The van der Waals surface area contributed by atoms with E-state index in [1.54, 1.807) is 0 Å². The Kier molecular flexibility index (Phi) is 2.52. The molecular formula is C13H16N2O2. The molecule has 3 rings (SSSR count). The van der Waals surface area contributed by atoms with Gasteiger partial charge in [0.1, 0.15) is 0 Å². The van der Waals surface area contributed by atoms with Gasteiger partial charge in [0.15, 0.2) is 0 Å². The summed E-state index contributed by atoms with van der Waals surface area (Å²) in [5.41, 5.74) is 8.57. The Morgan fingerprint density at radius 2 is 2.06 bits per heavy atom. The summed E-state index contributed by atoms with van der Waals surface area (Å²) in [5.74, 6) is 0.192. The quantitative estimate of drug-likeness (QED) is 0.743. The van der Waals surface area contributed by atoms with Crippen LogP contribution in [0.4, 0.5) is 11.4 Å². The molecular weight excluding hydrogens is 216 g/mol. The van der Waals surface area contributed by atoms with Crippen molar-refractivity contribution < 1.29 is 9.53 Å². The highest BCUT2D eigenvalue weighted by atomic mass is 16.5. The number of carbonyl (C=O) groups is 1. The Morgan fingerprint density at radius 1 is 1.29 bits per heavy atom. The topological polar surface area (TPSA) is 55.6 Å². The van der Waals surface area contributed by atoms with Gasteiger partial charge in [-0.2, -0.15) is 0 Å². The minimum absolute atomic E-state index is 0.192. The first kappa shape index (κ1) is 10.6. The van der Waals surface area contributed by atoms with Crippen molar-refractivity contribution >= 4 is 17.3 Å². The van der Waals surface area contributed by atoms with Crippen LogP contribution in [0.1, 0.15) is 18.4 Å². The van der Waals surface area contributed by atoms with Gasteiger partial charge in [0.25, 0.3) is 0 Å². The molecule has 4 nitrogen and oxygen atoms in total. The molecule has 1 fully saturated rings. The van der Waals surface area contributed by atoms with Crippen molar-refractivity contribution in [2.24, 2.45) is 0 Å². The van der Waals surface area contributed by atoms with Gasteiger partial charge < -0.3 is 15.4 Å². The number of benzene rings is 1. The Bertz CT molecular complexity index is 453. The number of rotatable bonds is 1. The second kappa shape index (κ2) is 4.04. The van der Waals surface area contributed by atoms with Gasteiger partial charge in [-0.05, 0) is 36.6 Å². The van der Waals surface area contributed by atoms with Gasteiger partial charge in [-0.25, -0.2) is 0 Å². The summed E-state index contributed by atoms with van der Waals surface area (Å²) in [7, 11) is 0. The molecule has 0 unspecified atom stereocenters. The third kappa shape index (κ3) is 1.78. The van der Waals surface area contributed by atoms with E-state index in [-0.39, 0.29) is 5.91 Å². The van der Waals surface area contributed by atoms with Crippen molar-refractivity contribution in [3.05, 3.63) is 23.8 Å². The maximum Gasteiger partial charge on any atom is 0.231 e. The molecule has 1 saturated heterocycles. The number of hydrogen-bond donors (Lipinski definition) is 1. The molecule has 2 heterocycles. The summed E-state index contributed by atoms with van der Waals surface area (Å²) in [6.07, 6.45) is 2.34. The summed E-state index contributed by atoms with van der Waals surface area (Å²) < 4.78 is 5.34. The van der Waals surface area contributed by atoms with E-state index in [4.69, 9.17) is 10.5 Å². The highest BCUT2D eigenvalue weighted by molar-refractivity contribution is 6.02. The highest BCUT2D eigenvalue weighted by Gasteiger charge is 2.33. The number of amides is 1. The average molecular weight is 232 g/mol. The van der Waals surface area contributed by atoms with Crippen molar-refractivity contribution in [2.45, 2.75) is 25.3 Å². The second-order valence-electron chi connectivity index (χ2n) is 4.67. The first-order chi connectivity index (χ1) is 8.25. The SMILES string of the molecule is Nc1ccc2c(c1)CC(=O)N2C1CCOCC1. The summed E-state index contributed by atoms with van der Waals surface area (Å²) in [6, 6.07) is 6.03. The summed E-state index contributed by atoms with van der Waals surface area (Å²) in [6.45, 7) is 1.50. The van der Waals surface area contributed by atoms with E-state index >= 15 is 0 Å². The Labute approximate surface area is 100 Å². The van der Waals surface area contributed by atoms with E-state index in [1.165, 1.54) is 0 Å². The molecule has 0 bridgehead atoms. The number of anilines is 2. The Morgan fingerprint density at radius 3 is 2.82 bits per heavy atom. The molecule has 0 radical (unpaired) electrons. The lowest BCUT2D eigenvalue weighted by atomic mass is 10.1. The molecule has 4 heteroatoms. The molecule has 1 aromatic rings. The maximum atomic E-state index is 12.1. The van der Waals surface area contributed by atoms with E-state index < -0.39 is 0 Å². The second-order valence-corrected chi connectivity index (χ2v) is 4.67. The predicted molar refractivity (Wildman–Crippen MR) is 65.9 cm³/mol. The van der Waals surface area contributed by atoms with Gasteiger partial charge in [-0.1, -0.05) is 0 Å². The number of ether oxygens (including phenoxy) is 1. The lowest BCUT2D eigenvalue weighted by molar-refractivity contribution is -0.118. The number of nitrogen functional groups attached to an aromatic ring is 1. The summed E-state index contributed by atoms with van der Waals surface area (Å²) >= 11 is 0. The van der Waals surface area contributed by atoms with Crippen molar-refractivity contribution in [1.29, 1.82) is 0 Å².